The van der Waals surface area contributed by atoms with Crippen LogP contribution in [0, 0.1) is 0 Å². The van der Waals surface area contributed by atoms with E-state index in [1.165, 1.54) is 0 Å². The highest BCUT2D eigenvalue weighted by Gasteiger charge is 2.45. The standard InChI is InChI=1S/C12H20N2O3/c1-13-6-3-10(11(13)15)14-5-2-4-12(9-14)16-7-8-17-12/h10H,2-9H2,1H3. The Kier molecular flexibility index (Phi) is 2.84. The van der Waals surface area contributed by atoms with Gasteiger partial charge in [-0.3, -0.25) is 9.69 Å². The second-order valence-corrected chi connectivity index (χ2v) is 5.25. The van der Waals surface area contributed by atoms with Crippen LogP contribution in [0.4, 0.5) is 0 Å². The largest absolute Gasteiger partial charge is 0.346 e. The molecule has 1 atom stereocenters. The molecular weight excluding hydrogens is 220 g/mol. The fourth-order valence-corrected chi connectivity index (χ4v) is 3.16. The maximum absolute atomic E-state index is 12.0. The van der Waals surface area contributed by atoms with Crippen LogP contribution in [0.2, 0.25) is 0 Å². The van der Waals surface area contributed by atoms with Crippen LogP contribution in [-0.2, 0) is 14.3 Å². The van der Waals surface area contributed by atoms with E-state index >= 15 is 0 Å². The molecule has 3 fully saturated rings. The van der Waals surface area contributed by atoms with Crippen molar-refractivity contribution >= 4 is 5.91 Å². The molecule has 0 radical (unpaired) electrons. The molecule has 1 spiro atoms. The van der Waals surface area contributed by atoms with Gasteiger partial charge in [0.05, 0.1) is 25.8 Å². The van der Waals surface area contributed by atoms with Gasteiger partial charge in [-0.15, -0.1) is 0 Å². The molecule has 0 N–H and O–H groups in total. The van der Waals surface area contributed by atoms with Gasteiger partial charge in [0.15, 0.2) is 5.79 Å². The first-order valence-electron chi connectivity index (χ1n) is 6.47. The summed E-state index contributed by atoms with van der Waals surface area (Å²) in [5.74, 6) is -0.167. The van der Waals surface area contributed by atoms with Crippen LogP contribution in [0.15, 0.2) is 0 Å². The number of nitrogens with zero attached hydrogens (tertiary/aromatic N) is 2. The first-order valence-corrected chi connectivity index (χ1v) is 6.47. The van der Waals surface area contributed by atoms with E-state index in [9.17, 15) is 4.79 Å². The SMILES string of the molecule is CN1CCC(N2CCCC3(C2)OCCO3)C1=O. The number of likely N-dealkylation sites (N-methyl/N-ethyl adjacent to an activating group) is 1. The Labute approximate surface area is 102 Å². The summed E-state index contributed by atoms with van der Waals surface area (Å²) >= 11 is 0. The molecule has 3 aliphatic rings. The predicted octanol–water partition coefficient (Wildman–Crippen LogP) is 0.0560. The molecule has 1 unspecified atom stereocenters. The van der Waals surface area contributed by atoms with E-state index in [1.807, 2.05) is 11.9 Å². The fraction of sp³-hybridized carbons (Fsp3) is 0.917. The zero-order valence-corrected chi connectivity index (χ0v) is 10.4. The van der Waals surface area contributed by atoms with Gasteiger partial charge < -0.3 is 14.4 Å². The number of carbonyl (C=O) groups is 1. The molecule has 0 aromatic rings. The van der Waals surface area contributed by atoms with Crippen molar-refractivity contribution in [2.45, 2.75) is 31.1 Å². The topological polar surface area (TPSA) is 42.0 Å². The third-order valence-corrected chi connectivity index (χ3v) is 4.10. The maximum atomic E-state index is 12.0. The second kappa shape index (κ2) is 4.23. The summed E-state index contributed by atoms with van der Waals surface area (Å²) in [5, 5.41) is 0. The Morgan fingerprint density at radius 3 is 2.71 bits per heavy atom. The van der Waals surface area contributed by atoms with Crippen molar-refractivity contribution in [3.8, 4) is 0 Å². The van der Waals surface area contributed by atoms with Crippen molar-refractivity contribution in [1.82, 2.24) is 9.80 Å². The third-order valence-electron chi connectivity index (χ3n) is 4.10. The van der Waals surface area contributed by atoms with E-state index in [4.69, 9.17) is 9.47 Å². The molecule has 96 valence electrons. The minimum atomic E-state index is -0.417. The summed E-state index contributed by atoms with van der Waals surface area (Å²) in [6, 6.07) is 0.0463. The van der Waals surface area contributed by atoms with Crippen LogP contribution in [-0.4, -0.2) is 67.4 Å². The Hall–Kier alpha value is -0.650. The van der Waals surface area contributed by atoms with Crippen LogP contribution >= 0.6 is 0 Å². The van der Waals surface area contributed by atoms with Gasteiger partial charge in [-0.1, -0.05) is 0 Å². The van der Waals surface area contributed by atoms with E-state index < -0.39 is 5.79 Å². The molecule has 0 saturated carbocycles. The lowest BCUT2D eigenvalue weighted by atomic mass is 10.0. The molecule has 0 aromatic heterocycles. The normalized spacial score (nSPS) is 33.8. The molecule has 5 heteroatoms. The quantitative estimate of drug-likeness (QED) is 0.650. The number of carbonyl (C=O) groups excluding carboxylic acids is 1. The maximum Gasteiger partial charge on any atom is 0.239 e. The summed E-state index contributed by atoms with van der Waals surface area (Å²) < 4.78 is 11.5. The summed E-state index contributed by atoms with van der Waals surface area (Å²) in [7, 11) is 1.88. The lowest BCUT2D eigenvalue weighted by molar-refractivity contribution is -0.194. The minimum Gasteiger partial charge on any atom is -0.346 e. The summed E-state index contributed by atoms with van der Waals surface area (Å²) in [4.78, 5) is 16.1. The first-order chi connectivity index (χ1) is 8.20. The molecular formula is C12H20N2O3. The number of rotatable bonds is 1. The number of hydrogen-bond donors (Lipinski definition) is 0. The van der Waals surface area contributed by atoms with Gasteiger partial charge in [-0.2, -0.15) is 0 Å². The number of piperidine rings is 1. The summed E-state index contributed by atoms with van der Waals surface area (Å²) in [6.45, 7) is 3.98. The third kappa shape index (κ3) is 1.96. The molecule has 3 rings (SSSR count). The number of ether oxygens (including phenoxy) is 2. The van der Waals surface area contributed by atoms with Crippen molar-refractivity contribution in [2.75, 3.05) is 39.9 Å². The Morgan fingerprint density at radius 1 is 1.29 bits per heavy atom. The van der Waals surface area contributed by atoms with Gasteiger partial charge in [0.2, 0.25) is 5.91 Å². The molecule has 5 nitrogen and oxygen atoms in total. The van der Waals surface area contributed by atoms with Crippen molar-refractivity contribution in [3.63, 3.8) is 0 Å². The molecule has 3 saturated heterocycles. The molecule has 0 aromatic carbocycles. The molecule has 3 heterocycles. The smallest absolute Gasteiger partial charge is 0.239 e. The van der Waals surface area contributed by atoms with Gasteiger partial charge >= 0.3 is 0 Å². The van der Waals surface area contributed by atoms with Gasteiger partial charge in [0.25, 0.3) is 0 Å². The second-order valence-electron chi connectivity index (χ2n) is 5.25. The first kappa shape index (κ1) is 11.4. The highest BCUT2D eigenvalue weighted by atomic mass is 16.7. The fourth-order valence-electron chi connectivity index (χ4n) is 3.16. The van der Waals surface area contributed by atoms with E-state index in [2.05, 4.69) is 4.90 Å². The van der Waals surface area contributed by atoms with E-state index in [0.29, 0.717) is 13.2 Å². The molecule has 3 aliphatic heterocycles. The van der Waals surface area contributed by atoms with Crippen LogP contribution in [0.25, 0.3) is 0 Å². The summed E-state index contributed by atoms with van der Waals surface area (Å²) in [5.41, 5.74) is 0. The van der Waals surface area contributed by atoms with Gasteiger partial charge in [0, 0.05) is 20.0 Å². The molecule has 17 heavy (non-hydrogen) atoms. The Bertz CT molecular complexity index is 315. The molecule has 1 amide bonds. The van der Waals surface area contributed by atoms with Crippen molar-refractivity contribution < 1.29 is 14.3 Å². The van der Waals surface area contributed by atoms with Crippen molar-refractivity contribution in [1.29, 1.82) is 0 Å². The lowest BCUT2D eigenvalue weighted by Crippen LogP contribution is -2.54. The predicted molar refractivity (Wildman–Crippen MR) is 61.5 cm³/mol. The van der Waals surface area contributed by atoms with E-state index in [0.717, 1.165) is 38.9 Å². The Balaban J connectivity index is 1.69. The zero-order chi connectivity index (χ0) is 11.9. The lowest BCUT2D eigenvalue weighted by Gasteiger charge is -2.40. The molecule has 0 bridgehead atoms. The van der Waals surface area contributed by atoms with E-state index in [1.54, 1.807) is 0 Å². The number of amides is 1. The highest BCUT2D eigenvalue weighted by molar-refractivity contribution is 5.83. The average molecular weight is 240 g/mol. The van der Waals surface area contributed by atoms with Crippen LogP contribution in [0.3, 0.4) is 0 Å². The zero-order valence-electron chi connectivity index (χ0n) is 10.4. The number of likely N-dealkylation sites (tertiary alicyclic amines) is 2. The monoisotopic (exact) mass is 240 g/mol. The van der Waals surface area contributed by atoms with E-state index in [-0.39, 0.29) is 11.9 Å². The van der Waals surface area contributed by atoms with Crippen LogP contribution in [0.1, 0.15) is 19.3 Å². The average Bonchev–Trinajstić information content (AvgIpc) is 2.89. The van der Waals surface area contributed by atoms with Gasteiger partial charge in [0.1, 0.15) is 0 Å². The molecule has 0 aliphatic carbocycles. The van der Waals surface area contributed by atoms with Gasteiger partial charge in [-0.05, 0) is 19.4 Å². The minimum absolute atomic E-state index is 0.0463. The summed E-state index contributed by atoms with van der Waals surface area (Å²) in [6.07, 6.45) is 2.94. The number of hydrogen-bond acceptors (Lipinski definition) is 4. The van der Waals surface area contributed by atoms with Crippen LogP contribution in [0.5, 0.6) is 0 Å². The highest BCUT2D eigenvalue weighted by Crippen LogP contribution is 2.32. The van der Waals surface area contributed by atoms with Crippen molar-refractivity contribution in [2.24, 2.45) is 0 Å². The van der Waals surface area contributed by atoms with Crippen LogP contribution < -0.4 is 0 Å². The van der Waals surface area contributed by atoms with Gasteiger partial charge in [-0.25, -0.2) is 0 Å². The Morgan fingerprint density at radius 2 is 2.06 bits per heavy atom. The van der Waals surface area contributed by atoms with Crippen molar-refractivity contribution in [3.05, 3.63) is 0 Å².